The third-order valence-corrected chi connectivity index (χ3v) is 5.89. The van der Waals surface area contributed by atoms with Gasteiger partial charge in [0.1, 0.15) is 5.75 Å². The summed E-state index contributed by atoms with van der Waals surface area (Å²) in [6.07, 6.45) is 11.1. The molecule has 1 fully saturated rings. The first-order valence-corrected chi connectivity index (χ1v) is 10.2. The number of hydrogen-bond donors (Lipinski definition) is 2. The predicted octanol–water partition coefficient (Wildman–Crippen LogP) is 3.47. The van der Waals surface area contributed by atoms with Crippen LogP contribution in [0.15, 0.2) is 54.1 Å². The van der Waals surface area contributed by atoms with Crippen molar-refractivity contribution in [2.24, 2.45) is 0 Å². The predicted molar refractivity (Wildman–Crippen MR) is 115 cm³/mol. The maximum Gasteiger partial charge on any atom is 0.246 e. The number of nitrogens with zero attached hydrogens (tertiary/aromatic N) is 1. The van der Waals surface area contributed by atoms with E-state index in [1.807, 2.05) is 29.2 Å². The molecule has 148 valence electrons. The van der Waals surface area contributed by atoms with E-state index < -0.39 is 0 Å². The smallest absolute Gasteiger partial charge is 0.246 e. The number of rotatable bonds is 4. The Hall–Kier alpha value is -3.05. The second-order valence-corrected chi connectivity index (χ2v) is 7.68. The highest BCUT2D eigenvalue weighted by Crippen LogP contribution is 2.55. The summed E-state index contributed by atoms with van der Waals surface area (Å²) in [4.78, 5) is 18.0. The largest absolute Gasteiger partial charge is 0.496 e. The molecule has 0 bridgehead atoms. The molecular weight excluding hydrogens is 362 g/mol. The Morgan fingerprint density at radius 1 is 1.21 bits per heavy atom. The number of carbonyl (C=O) groups excluding carboxylic acids is 1. The molecule has 0 saturated carbocycles. The first kappa shape index (κ1) is 18.0. The molecule has 1 atom stereocenters. The van der Waals surface area contributed by atoms with Gasteiger partial charge in [-0.05, 0) is 54.0 Å². The van der Waals surface area contributed by atoms with Crippen molar-refractivity contribution >= 4 is 12.0 Å². The van der Waals surface area contributed by atoms with E-state index in [1.165, 1.54) is 11.1 Å². The van der Waals surface area contributed by atoms with Crippen LogP contribution in [-0.2, 0) is 4.79 Å². The SMILES string of the molecule is COc1ccccc1-c1[nH]c2c3c1[C@H]3C=CC(/C=C/C(=O)N1CCCNCC1)=C2. The number of benzene rings is 1. The van der Waals surface area contributed by atoms with Crippen molar-refractivity contribution in [2.75, 3.05) is 33.3 Å². The first-order valence-electron chi connectivity index (χ1n) is 10.2. The molecule has 1 saturated heterocycles. The third kappa shape index (κ3) is 3.32. The van der Waals surface area contributed by atoms with Crippen molar-refractivity contribution < 1.29 is 9.53 Å². The lowest BCUT2D eigenvalue weighted by Crippen LogP contribution is -2.32. The number of H-pyrrole nitrogens is 1. The molecule has 2 heterocycles. The van der Waals surface area contributed by atoms with Crippen molar-refractivity contribution in [3.05, 3.63) is 71.0 Å². The van der Waals surface area contributed by atoms with E-state index in [-0.39, 0.29) is 5.91 Å². The number of allylic oxidation sites excluding steroid dienone is 4. The van der Waals surface area contributed by atoms with Gasteiger partial charge in [0.2, 0.25) is 5.91 Å². The molecule has 29 heavy (non-hydrogen) atoms. The molecule has 5 nitrogen and oxygen atoms in total. The zero-order valence-electron chi connectivity index (χ0n) is 16.6. The summed E-state index contributed by atoms with van der Waals surface area (Å²) in [6.45, 7) is 3.44. The average molecular weight is 387 g/mol. The molecule has 2 aromatic rings. The minimum Gasteiger partial charge on any atom is -0.496 e. The quantitative estimate of drug-likeness (QED) is 0.790. The second-order valence-electron chi connectivity index (χ2n) is 7.68. The molecule has 3 aliphatic rings. The van der Waals surface area contributed by atoms with Gasteiger partial charge in [0, 0.05) is 42.9 Å². The first-order chi connectivity index (χ1) is 14.3. The zero-order valence-corrected chi connectivity index (χ0v) is 16.6. The van der Waals surface area contributed by atoms with E-state index >= 15 is 0 Å². The van der Waals surface area contributed by atoms with Crippen LogP contribution in [-0.4, -0.2) is 49.1 Å². The Bertz CT molecular complexity index is 1040. The molecule has 1 aliphatic heterocycles. The summed E-state index contributed by atoms with van der Waals surface area (Å²) in [5.41, 5.74) is 7.10. The summed E-state index contributed by atoms with van der Waals surface area (Å²) in [6, 6.07) is 8.10. The maximum atomic E-state index is 12.5. The molecule has 2 N–H and O–H groups in total. The number of aromatic nitrogens is 1. The fourth-order valence-electron chi connectivity index (χ4n) is 4.35. The Balaban J connectivity index is 1.39. The molecule has 1 amide bonds. The third-order valence-electron chi connectivity index (χ3n) is 5.89. The van der Waals surface area contributed by atoms with Crippen molar-refractivity contribution in [1.82, 2.24) is 15.2 Å². The molecule has 0 radical (unpaired) electrons. The van der Waals surface area contributed by atoms with Crippen LogP contribution in [0.1, 0.15) is 29.2 Å². The van der Waals surface area contributed by atoms with E-state index in [2.05, 4.69) is 34.6 Å². The number of carbonyl (C=O) groups is 1. The van der Waals surface area contributed by atoms with Crippen molar-refractivity contribution in [2.45, 2.75) is 12.3 Å². The Morgan fingerprint density at radius 2 is 2.10 bits per heavy atom. The van der Waals surface area contributed by atoms with E-state index in [0.29, 0.717) is 5.92 Å². The fraction of sp³-hybridized carbons (Fsp3) is 0.292. The lowest BCUT2D eigenvalue weighted by atomic mass is 10.1. The molecular formula is C24H25N3O2. The van der Waals surface area contributed by atoms with Gasteiger partial charge in [-0.1, -0.05) is 24.3 Å². The van der Waals surface area contributed by atoms with Crippen molar-refractivity contribution in [1.29, 1.82) is 0 Å². The molecule has 5 heteroatoms. The maximum absolute atomic E-state index is 12.5. The van der Waals surface area contributed by atoms with Gasteiger partial charge >= 0.3 is 0 Å². The highest BCUT2D eigenvalue weighted by Gasteiger charge is 2.40. The lowest BCUT2D eigenvalue weighted by Gasteiger charge is -2.17. The number of methoxy groups -OCH3 is 1. The number of aromatic amines is 1. The van der Waals surface area contributed by atoms with Gasteiger partial charge in [-0.15, -0.1) is 0 Å². The van der Waals surface area contributed by atoms with Gasteiger partial charge in [0.15, 0.2) is 0 Å². The van der Waals surface area contributed by atoms with Crippen LogP contribution in [0.2, 0.25) is 0 Å². The molecule has 1 aromatic carbocycles. The highest BCUT2D eigenvalue weighted by atomic mass is 16.5. The van der Waals surface area contributed by atoms with Crippen LogP contribution >= 0.6 is 0 Å². The normalized spacial score (nSPS) is 20.1. The van der Waals surface area contributed by atoms with E-state index in [4.69, 9.17) is 4.74 Å². The zero-order chi connectivity index (χ0) is 19.8. The molecule has 2 aliphatic carbocycles. The second kappa shape index (κ2) is 7.41. The average Bonchev–Trinajstić information content (AvgIpc) is 3.45. The van der Waals surface area contributed by atoms with Crippen molar-refractivity contribution in [3.63, 3.8) is 0 Å². The number of fused-ring (bicyclic) bond motifs is 1. The summed E-state index contributed by atoms with van der Waals surface area (Å²) in [7, 11) is 1.71. The van der Waals surface area contributed by atoms with Gasteiger partial charge in [-0.25, -0.2) is 0 Å². The molecule has 1 aromatic heterocycles. The summed E-state index contributed by atoms with van der Waals surface area (Å²) < 4.78 is 5.55. The minimum atomic E-state index is 0.0861. The fourth-order valence-corrected chi connectivity index (χ4v) is 4.35. The van der Waals surface area contributed by atoms with Gasteiger partial charge in [0.25, 0.3) is 0 Å². The standard InChI is InChI=1S/C24H25N3O2/c1-29-20-6-3-2-5-17(20)24-23-18-9-7-16(15-19(26-24)22(18)23)8-10-21(28)27-13-4-11-25-12-14-27/h2-3,5-10,15,18,25-26H,4,11-14H2,1H3/b10-8+/t18-/m0/s1. The van der Waals surface area contributed by atoms with Gasteiger partial charge in [0.05, 0.1) is 12.8 Å². The Morgan fingerprint density at radius 3 is 3.00 bits per heavy atom. The van der Waals surface area contributed by atoms with Gasteiger partial charge in [-0.2, -0.15) is 0 Å². The van der Waals surface area contributed by atoms with Gasteiger partial charge < -0.3 is 19.9 Å². The Kier molecular flexibility index (Phi) is 4.60. The lowest BCUT2D eigenvalue weighted by molar-refractivity contribution is -0.125. The molecule has 5 rings (SSSR count). The van der Waals surface area contributed by atoms with Crippen LogP contribution in [0.25, 0.3) is 17.3 Å². The van der Waals surface area contributed by atoms with Crippen LogP contribution in [0.4, 0.5) is 0 Å². The van der Waals surface area contributed by atoms with Crippen LogP contribution in [0.3, 0.4) is 0 Å². The van der Waals surface area contributed by atoms with Gasteiger partial charge in [-0.3, -0.25) is 4.79 Å². The Labute approximate surface area is 170 Å². The number of ether oxygens (including phenoxy) is 1. The van der Waals surface area contributed by atoms with E-state index in [1.54, 1.807) is 13.2 Å². The topological polar surface area (TPSA) is 57.4 Å². The van der Waals surface area contributed by atoms with E-state index in [9.17, 15) is 4.79 Å². The number of nitrogens with one attached hydrogen (secondary N) is 2. The van der Waals surface area contributed by atoms with Crippen LogP contribution < -0.4 is 10.1 Å². The molecule has 0 spiro atoms. The van der Waals surface area contributed by atoms with Crippen LogP contribution in [0.5, 0.6) is 5.75 Å². The molecule has 0 unspecified atom stereocenters. The number of hydrogen-bond acceptors (Lipinski definition) is 3. The summed E-state index contributed by atoms with van der Waals surface area (Å²) in [5.74, 6) is 1.32. The van der Waals surface area contributed by atoms with Crippen molar-refractivity contribution in [3.8, 4) is 17.0 Å². The monoisotopic (exact) mass is 387 g/mol. The number of para-hydroxylation sites is 1. The minimum absolute atomic E-state index is 0.0861. The number of amides is 1. The van der Waals surface area contributed by atoms with E-state index in [0.717, 1.165) is 60.9 Å². The summed E-state index contributed by atoms with van der Waals surface area (Å²) in [5, 5.41) is 3.33. The highest BCUT2D eigenvalue weighted by molar-refractivity contribution is 5.89. The summed E-state index contributed by atoms with van der Waals surface area (Å²) >= 11 is 0. The van der Waals surface area contributed by atoms with Crippen LogP contribution in [0, 0.1) is 0 Å².